The average Bonchev–Trinajstić information content (AvgIpc) is 2.68. The van der Waals surface area contributed by atoms with Crippen molar-refractivity contribution < 1.29 is 4.79 Å². The van der Waals surface area contributed by atoms with Gasteiger partial charge in [-0.15, -0.1) is 0 Å². The second kappa shape index (κ2) is 6.86. The van der Waals surface area contributed by atoms with Gasteiger partial charge in [0.1, 0.15) is 0 Å². The summed E-state index contributed by atoms with van der Waals surface area (Å²) in [6.07, 6.45) is 3.04. The van der Waals surface area contributed by atoms with Crippen LogP contribution in [0.1, 0.15) is 19.3 Å². The molecule has 1 unspecified atom stereocenters. The molecule has 4 heteroatoms. The Balaban J connectivity index is 2.14. The van der Waals surface area contributed by atoms with Gasteiger partial charge in [-0.1, -0.05) is 0 Å². The molecule has 1 saturated heterocycles. The standard InChI is InChI=1S/C12H25N3O/c1-13-7-4-12(16)15(3)9-6-11-5-8-14(2)10-11/h11,13H,4-10H2,1-3H3. The molecule has 0 bridgehead atoms. The summed E-state index contributed by atoms with van der Waals surface area (Å²) in [6, 6.07) is 0. The van der Waals surface area contributed by atoms with Crippen LogP contribution in [0.15, 0.2) is 0 Å². The van der Waals surface area contributed by atoms with Crippen LogP contribution in [0.3, 0.4) is 0 Å². The lowest BCUT2D eigenvalue weighted by atomic mass is 10.0. The van der Waals surface area contributed by atoms with Gasteiger partial charge < -0.3 is 15.1 Å². The molecule has 1 aliphatic rings. The van der Waals surface area contributed by atoms with Gasteiger partial charge >= 0.3 is 0 Å². The quantitative estimate of drug-likeness (QED) is 0.713. The lowest BCUT2D eigenvalue weighted by Gasteiger charge is -2.19. The maximum Gasteiger partial charge on any atom is 0.223 e. The largest absolute Gasteiger partial charge is 0.346 e. The summed E-state index contributed by atoms with van der Waals surface area (Å²) in [5, 5.41) is 3.00. The fourth-order valence-electron chi connectivity index (χ4n) is 2.19. The van der Waals surface area contributed by atoms with E-state index in [0.29, 0.717) is 6.42 Å². The third-order valence-corrected chi connectivity index (χ3v) is 3.38. The van der Waals surface area contributed by atoms with Gasteiger partial charge in [-0.25, -0.2) is 0 Å². The van der Waals surface area contributed by atoms with Gasteiger partial charge in [0, 0.05) is 33.1 Å². The molecule has 4 nitrogen and oxygen atoms in total. The van der Waals surface area contributed by atoms with E-state index in [2.05, 4.69) is 17.3 Å². The minimum atomic E-state index is 0.251. The van der Waals surface area contributed by atoms with Crippen molar-refractivity contribution in [3.05, 3.63) is 0 Å². The van der Waals surface area contributed by atoms with Crippen LogP contribution >= 0.6 is 0 Å². The van der Waals surface area contributed by atoms with Crippen molar-refractivity contribution in [3.8, 4) is 0 Å². The van der Waals surface area contributed by atoms with E-state index < -0.39 is 0 Å². The Morgan fingerprint density at radius 3 is 2.88 bits per heavy atom. The first-order valence-electron chi connectivity index (χ1n) is 6.20. The molecule has 0 spiro atoms. The molecule has 0 aromatic rings. The lowest BCUT2D eigenvalue weighted by Crippen LogP contribution is -2.31. The van der Waals surface area contributed by atoms with E-state index in [4.69, 9.17) is 0 Å². The van der Waals surface area contributed by atoms with E-state index in [0.717, 1.165) is 25.4 Å². The summed E-state index contributed by atoms with van der Waals surface area (Å²) in [4.78, 5) is 15.9. The van der Waals surface area contributed by atoms with Crippen LogP contribution in [0.2, 0.25) is 0 Å². The highest BCUT2D eigenvalue weighted by Gasteiger charge is 2.20. The number of likely N-dealkylation sites (tertiary alicyclic amines) is 1. The smallest absolute Gasteiger partial charge is 0.223 e. The predicted octanol–water partition coefficient (Wildman–Crippen LogP) is 0.396. The Hall–Kier alpha value is -0.610. The minimum absolute atomic E-state index is 0.251. The van der Waals surface area contributed by atoms with Crippen molar-refractivity contribution in [2.24, 2.45) is 5.92 Å². The first kappa shape index (κ1) is 13.5. The molecule has 0 aromatic heterocycles. The predicted molar refractivity (Wildman–Crippen MR) is 66.4 cm³/mol. The molecule has 1 atom stereocenters. The first-order chi connectivity index (χ1) is 7.63. The summed E-state index contributed by atoms with van der Waals surface area (Å²) in [6.45, 7) is 4.08. The molecule has 0 saturated carbocycles. The van der Waals surface area contributed by atoms with Crippen molar-refractivity contribution in [2.45, 2.75) is 19.3 Å². The SMILES string of the molecule is CNCCC(=O)N(C)CCC1CCN(C)C1. The Kier molecular flexibility index (Phi) is 5.77. The van der Waals surface area contributed by atoms with E-state index in [1.165, 1.54) is 19.5 Å². The Bertz CT molecular complexity index is 220. The lowest BCUT2D eigenvalue weighted by molar-refractivity contribution is -0.129. The van der Waals surface area contributed by atoms with Crippen molar-refractivity contribution in [3.63, 3.8) is 0 Å². The number of amides is 1. The van der Waals surface area contributed by atoms with E-state index in [9.17, 15) is 4.79 Å². The molecule has 1 N–H and O–H groups in total. The zero-order chi connectivity index (χ0) is 12.0. The minimum Gasteiger partial charge on any atom is -0.346 e. The fourth-order valence-corrected chi connectivity index (χ4v) is 2.19. The molecule has 1 rings (SSSR count). The first-order valence-corrected chi connectivity index (χ1v) is 6.20. The van der Waals surface area contributed by atoms with Gasteiger partial charge in [0.15, 0.2) is 0 Å². The number of nitrogens with zero attached hydrogens (tertiary/aromatic N) is 2. The van der Waals surface area contributed by atoms with Crippen LogP contribution in [0.25, 0.3) is 0 Å². The highest BCUT2D eigenvalue weighted by Crippen LogP contribution is 2.17. The summed E-state index contributed by atoms with van der Waals surface area (Å²) >= 11 is 0. The maximum absolute atomic E-state index is 11.6. The van der Waals surface area contributed by atoms with Gasteiger partial charge in [-0.2, -0.15) is 0 Å². The van der Waals surface area contributed by atoms with Crippen LogP contribution < -0.4 is 5.32 Å². The highest BCUT2D eigenvalue weighted by atomic mass is 16.2. The molecular formula is C12H25N3O. The number of rotatable bonds is 6. The van der Waals surface area contributed by atoms with Gasteiger partial charge in [-0.3, -0.25) is 4.79 Å². The maximum atomic E-state index is 11.6. The van der Waals surface area contributed by atoms with Gasteiger partial charge in [-0.05, 0) is 39.4 Å². The Morgan fingerprint density at radius 1 is 1.56 bits per heavy atom. The van der Waals surface area contributed by atoms with Crippen LogP contribution in [0.5, 0.6) is 0 Å². The third-order valence-electron chi connectivity index (χ3n) is 3.38. The molecule has 0 radical (unpaired) electrons. The summed E-state index contributed by atoms with van der Waals surface area (Å²) in [7, 11) is 5.96. The molecule has 0 aliphatic carbocycles. The normalized spacial score (nSPS) is 21.3. The monoisotopic (exact) mass is 227 g/mol. The van der Waals surface area contributed by atoms with Gasteiger partial charge in [0.2, 0.25) is 5.91 Å². The van der Waals surface area contributed by atoms with E-state index >= 15 is 0 Å². The zero-order valence-corrected chi connectivity index (χ0v) is 10.8. The molecule has 1 aliphatic heterocycles. The van der Waals surface area contributed by atoms with E-state index in [-0.39, 0.29) is 5.91 Å². The third kappa shape index (κ3) is 4.49. The number of hydrogen-bond acceptors (Lipinski definition) is 3. The topological polar surface area (TPSA) is 35.6 Å². The second-order valence-corrected chi connectivity index (χ2v) is 4.87. The van der Waals surface area contributed by atoms with Crippen LogP contribution in [0.4, 0.5) is 0 Å². The molecular weight excluding hydrogens is 202 g/mol. The van der Waals surface area contributed by atoms with Crippen LogP contribution in [-0.4, -0.2) is 63.0 Å². The van der Waals surface area contributed by atoms with E-state index in [1.54, 1.807) is 0 Å². The number of carbonyl (C=O) groups is 1. The van der Waals surface area contributed by atoms with Gasteiger partial charge in [0.25, 0.3) is 0 Å². The highest BCUT2D eigenvalue weighted by molar-refractivity contribution is 5.75. The Morgan fingerprint density at radius 2 is 2.31 bits per heavy atom. The molecule has 1 amide bonds. The number of carbonyl (C=O) groups excluding carboxylic acids is 1. The second-order valence-electron chi connectivity index (χ2n) is 4.87. The van der Waals surface area contributed by atoms with Crippen molar-refractivity contribution in [2.75, 3.05) is 47.3 Å². The van der Waals surface area contributed by atoms with E-state index in [1.807, 2.05) is 19.0 Å². The Labute approximate surface area is 99.0 Å². The molecule has 1 heterocycles. The molecule has 16 heavy (non-hydrogen) atoms. The van der Waals surface area contributed by atoms with Crippen molar-refractivity contribution >= 4 is 5.91 Å². The molecule has 94 valence electrons. The fraction of sp³-hybridized carbons (Fsp3) is 0.917. The van der Waals surface area contributed by atoms with Crippen molar-refractivity contribution in [1.82, 2.24) is 15.1 Å². The zero-order valence-electron chi connectivity index (χ0n) is 10.8. The number of hydrogen-bond donors (Lipinski definition) is 1. The molecule has 0 aromatic carbocycles. The summed E-state index contributed by atoms with van der Waals surface area (Å²) in [5.41, 5.74) is 0. The average molecular weight is 227 g/mol. The van der Waals surface area contributed by atoms with Gasteiger partial charge in [0.05, 0.1) is 0 Å². The van der Waals surface area contributed by atoms with Crippen LogP contribution in [-0.2, 0) is 4.79 Å². The summed E-state index contributed by atoms with van der Waals surface area (Å²) < 4.78 is 0. The number of nitrogens with one attached hydrogen (secondary N) is 1. The van der Waals surface area contributed by atoms with Crippen molar-refractivity contribution in [1.29, 1.82) is 0 Å². The van der Waals surface area contributed by atoms with Crippen LogP contribution in [0, 0.1) is 5.92 Å². The molecule has 1 fully saturated rings. The summed E-state index contributed by atoms with van der Waals surface area (Å²) in [5.74, 6) is 1.03.